The Labute approximate surface area is 150 Å². The number of aromatic nitrogens is 3. The van der Waals surface area contributed by atoms with E-state index < -0.39 is 5.97 Å². The third-order valence-corrected chi connectivity index (χ3v) is 3.77. The molecule has 2 N–H and O–H groups in total. The largest absolute Gasteiger partial charge is 0.507 e. The fraction of sp³-hybridized carbons (Fsp3) is 0.211. The maximum absolute atomic E-state index is 11.4. The number of hydrogen-bond donors (Lipinski definition) is 2. The summed E-state index contributed by atoms with van der Waals surface area (Å²) < 4.78 is 7.00. The average Bonchev–Trinajstić information content (AvgIpc) is 3.00. The van der Waals surface area contributed by atoms with Crippen LogP contribution in [-0.4, -0.2) is 37.1 Å². The summed E-state index contributed by atoms with van der Waals surface area (Å²) in [7, 11) is 0. The Bertz CT molecular complexity index is 963. The van der Waals surface area contributed by atoms with Crippen LogP contribution in [0.5, 0.6) is 11.6 Å². The number of phenols is 1. The van der Waals surface area contributed by atoms with Crippen molar-refractivity contribution in [2.45, 2.75) is 26.9 Å². The number of pyridine rings is 1. The molecule has 0 amide bonds. The number of benzene rings is 1. The molecule has 0 atom stereocenters. The van der Waals surface area contributed by atoms with Gasteiger partial charge in [0, 0.05) is 5.56 Å². The van der Waals surface area contributed by atoms with E-state index in [2.05, 4.69) is 10.1 Å². The number of rotatable bonds is 5. The van der Waals surface area contributed by atoms with Gasteiger partial charge in [-0.05, 0) is 44.5 Å². The quantitative estimate of drug-likeness (QED) is 0.729. The molecule has 0 spiro atoms. The molecule has 0 bridgehead atoms. The molecule has 0 fully saturated rings. The van der Waals surface area contributed by atoms with E-state index in [9.17, 15) is 15.0 Å². The summed E-state index contributed by atoms with van der Waals surface area (Å²) in [5.41, 5.74) is 1.84. The maximum Gasteiger partial charge on any atom is 0.342 e. The highest BCUT2D eigenvalue weighted by atomic mass is 16.5. The Morgan fingerprint density at radius 2 is 1.92 bits per heavy atom. The van der Waals surface area contributed by atoms with Gasteiger partial charge in [-0.25, -0.2) is 9.78 Å². The zero-order valence-corrected chi connectivity index (χ0v) is 14.7. The van der Waals surface area contributed by atoms with Crippen LogP contribution >= 0.6 is 0 Å². The first-order valence-corrected chi connectivity index (χ1v) is 8.13. The molecule has 0 aliphatic rings. The van der Waals surface area contributed by atoms with E-state index in [4.69, 9.17) is 4.74 Å². The summed E-state index contributed by atoms with van der Waals surface area (Å²) in [6.45, 7) is 5.42. The molecular formula is C19H19N3O4. The fourth-order valence-electron chi connectivity index (χ4n) is 2.54. The SMILES string of the molecule is Cc1cccc(-c2cccc(-n3ncc(C(=O)O)c3OC(C)C)n2)c1O. The third-order valence-electron chi connectivity index (χ3n) is 3.77. The van der Waals surface area contributed by atoms with E-state index in [1.165, 1.54) is 10.9 Å². The van der Waals surface area contributed by atoms with E-state index in [0.717, 1.165) is 5.56 Å². The molecule has 0 saturated carbocycles. The molecule has 3 aromatic rings. The average molecular weight is 353 g/mol. The van der Waals surface area contributed by atoms with E-state index >= 15 is 0 Å². The molecule has 134 valence electrons. The number of para-hydroxylation sites is 1. The van der Waals surface area contributed by atoms with Crippen molar-refractivity contribution in [2.24, 2.45) is 0 Å². The number of aromatic hydroxyl groups is 1. The van der Waals surface area contributed by atoms with Gasteiger partial charge in [0.1, 0.15) is 11.3 Å². The van der Waals surface area contributed by atoms with Crippen molar-refractivity contribution in [3.63, 3.8) is 0 Å². The molecule has 0 aliphatic heterocycles. The normalized spacial score (nSPS) is 10.9. The van der Waals surface area contributed by atoms with Crippen LogP contribution < -0.4 is 4.74 Å². The highest BCUT2D eigenvalue weighted by Gasteiger charge is 2.21. The molecular weight excluding hydrogens is 334 g/mol. The molecule has 1 aromatic carbocycles. The second-order valence-electron chi connectivity index (χ2n) is 6.10. The number of aryl methyl sites for hydroxylation is 1. The summed E-state index contributed by atoms with van der Waals surface area (Å²) in [4.78, 5) is 16.0. The lowest BCUT2D eigenvalue weighted by Gasteiger charge is -2.13. The van der Waals surface area contributed by atoms with Crippen LogP contribution in [0.3, 0.4) is 0 Å². The molecule has 0 unspecified atom stereocenters. The lowest BCUT2D eigenvalue weighted by molar-refractivity contribution is 0.0690. The zero-order chi connectivity index (χ0) is 18.8. The minimum absolute atomic E-state index is 0.0377. The van der Waals surface area contributed by atoms with Gasteiger partial charge >= 0.3 is 5.97 Å². The van der Waals surface area contributed by atoms with Crippen LogP contribution in [-0.2, 0) is 0 Å². The Morgan fingerprint density at radius 3 is 2.62 bits per heavy atom. The Kier molecular flexibility index (Phi) is 4.62. The van der Waals surface area contributed by atoms with Gasteiger partial charge < -0.3 is 14.9 Å². The number of carboxylic acid groups (broad SMARTS) is 1. The van der Waals surface area contributed by atoms with Crippen LogP contribution in [0.2, 0.25) is 0 Å². The monoisotopic (exact) mass is 353 g/mol. The fourth-order valence-corrected chi connectivity index (χ4v) is 2.54. The van der Waals surface area contributed by atoms with Gasteiger partial charge in [-0.3, -0.25) is 0 Å². The van der Waals surface area contributed by atoms with Crippen LogP contribution in [0, 0.1) is 6.92 Å². The van der Waals surface area contributed by atoms with Crippen molar-refractivity contribution in [3.8, 4) is 28.7 Å². The number of phenolic OH excluding ortho intramolecular Hbond substituents is 1. The van der Waals surface area contributed by atoms with E-state index in [-0.39, 0.29) is 23.3 Å². The van der Waals surface area contributed by atoms with Gasteiger partial charge in [-0.15, -0.1) is 0 Å². The van der Waals surface area contributed by atoms with E-state index in [0.29, 0.717) is 17.1 Å². The summed E-state index contributed by atoms with van der Waals surface area (Å²) >= 11 is 0. The predicted molar refractivity (Wildman–Crippen MR) is 95.9 cm³/mol. The lowest BCUT2D eigenvalue weighted by Crippen LogP contribution is -2.13. The van der Waals surface area contributed by atoms with Gasteiger partial charge in [0.15, 0.2) is 5.82 Å². The van der Waals surface area contributed by atoms with Gasteiger partial charge in [0.2, 0.25) is 5.88 Å². The van der Waals surface area contributed by atoms with Crippen molar-refractivity contribution in [1.29, 1.82) is 0 Å². The first kappa shape index (κ1) is 17.5. The van der Waals surface area contributed by atoms with Gasteiger partial charge in [-0.1, -0.05) is 18.2 Å². The number of aromatic carboxylic acids is 1. The molecule has 7 heteroatoms. The van der Waals surface area contributed by atoms with Crippen LogP contribution in [0.25, 0.3) is 17.1 Å². The highest BCUT2D eigenvalue weighted by Crippen LogP contribution is 2.31. The number of carboxylic acids is 1. The Hall–Kier alpha value is -3.35. The summed E-state index contributed by atoms with van der Waals surface area (Å²) in [5, 5.41) is 23.8. The van der Waals surface area contributed by atoms with Crippen molar-refractivity contribution >= 4 is 5.97 Å². The molecule has 0 radical (unpaired) electrons. The molecule has 2 heterocycles. The first-order valence-electron chi connectivity index (χ1n) is 8.13. The van der Waals surface area contributed by atoms with Gasteiger partial charge in [0.05, 0.1) is 18.0 Å². The second-order valence-corrected chi connectivity index (χ2v) is 6.10. The van der Waals surface area contributed by atoms with E-state index in [1.807, 2.05) is 19.1 Å². The topological polar surface area (TPSA) is 97.5 Å². The van der Waals surface area contributed by atoms with Gasteiger partial charge in [-0.2, -0.15) is 9.78 Å². The standard InChI is InChI=1S/C19H19N3O4/c1-11(2)26-18-14(19(24)25)10-20-22(18)16-9-5-8-15(21-16)13-7-4-6-12(3)17(13)23/h4-11,23H,1-3H3,(H,24,25). The first-order chi connectivity index (χ1) is 12.4. The minimum Gasteiger partial charge on any atom is -0.507 e. The number of nitrogens with zero attached hydrogens (tertiary/aromatic N) is 3. The minimum atomic E-state index is -1.13. The summed E-state index contributed by atoms with van der Waals surface area (Å²) in [6, 6.07) is 10.6. The smallest absolute Gasteiger partial charge is 0.342 e. The summed E-state index contributed by atoms with van der Waals surface area (Å²) in [6.07, 6.45) is 1.01. The Balaban J connectivity index is 2.12. The molecule has 3 rings (SSSR count). The van der Waals surface area contributed by atoms with Crippen LogP contribution in [0.1, 0.15) is 29.8 Å². The molecule has 7 nitrogen and oxygen atoms in total. The number of hydrogen-bond acceptors (Lipinski definition) is 5. The molecule has 26 heavy (non-hydrogen) atoms. The predicted octanol–water partition coefficient (Wildman–Crippen LogP) is 3.43. The van der Waals surface area contributed by atoms with Crippen molar-refractivity contribution in [2.75, 3.05) is 0 Å². The number of carbonyl (C=O) groups is 1. The molecule has 0 saturated heterocycles. The third kappa shape index (κ3) is 3.23. The second kappa shape index (κ2) is 6.87. The van der Waals surface area contributed by atoms with Crippen LogP contribution in [0.15, 0.2) is 42.6 Å². The lowest BCUT2D eigenvalue weighted by atomic mass is 10.1. The molecule has 2 aromatic heterocycles. The Morgan fingerprint density at radius 1 is 1.19 bits per heavy atom. The maximum atomic E-state index is 11.4. The van der Waals surface area contributed by atoms with Crippen molar-refractivity contribution in [1.82, 2.24) is 14.8 Å². The van der Waals surface area contributed by atoms with Crippen LogP contribution in [0.4, 0.5) is 0 Å². The van der Waals surface area contributed by atoms with E-state index in [1.54, 1.807) is 38.1 Å². The van der Waals surface area contributed by atoms with Crippen molar-refractivity contribution < 1.29 is 19.7 Å². The van der Waals surface area contributed by atoms with Crippen molar-refractivity contribution in [3.05, 3.63) is 53.7 Å². The molecule has 0 aliphatic carbocycles. The summed E-state index contributed by atoms with van der Waals surface area (Å²) in [5.74, 6) is -0.459. The zero-order valence-electron chi connectivity index (χ0n) is 14.7. The van der Waals surface area contributed by atoms with Gasteiger partial charge in [0.25, 0.3) is 0 Å². The number of ether oxygens (including phenoxy) is 1. The highest BCUT2D eigenvalue weighted by molar-refractivity contribution is 5.90.